The van der Waals surface area contributed by atoms with E-state index in [4.69, 9.17) is 13.6 Å². The van der Waals surface area contributed by atoms with E-state index in [1.54, 1.807) is 18.2 Å². The fourth-order valence-electron chi connectivity index (χ4n) is 3.99. The molecule has 0 saturated heterocycles. The van der Waals surface area contributed by atoms with Crippen LogP contribution in [0, 0.1) is 0 Å². The van der Waals surface area contributed by atoms with E-state index in [9.17, 15) is 4.79 Å². The molecule has 0 unspecified atom stereocenters. The van der Waals surface area contributed by atoms with Gasteiger partial charge in [-0.3, -0.25) is 4.79 Å². The minimum absolute atomic E-state index is 0.0365. The minimum Gasteiger partial charge on any atom is -0.427 e. The number of hydrogen-bond acceptors (Lipinski definition) is 8. The summed E-state index contributed by atoms with van der Waals surface area (Å²) >= 11 is 0. The molecule has 196 valence electrons. The molecule has 8 heteroatoms. The summed E-state index contributed by atoms with van der Waals surface area (Å²) < 4.78 is 17.3. The molecule has 0 fully saturated rings. The quantitative estimate of drug-likeness (QED) is 0.169. The van der Waals surface area contributed by atoms with E-state index >= 15 is 0 Å². The van der Waals surface area contributed by atoms with E-state index in [2.05, 4.69) is 59.9 Å². The van der Waals surface area contributed by atoms with E-state index in [1.807, 2.05) is 43.3 Å². The number of ether oxygens (including phenoxy) is 1. The first-order chi connectivity index (χ1) is 18.6. The molecule has 0 radical (unpaired) electrons. The highest BCUT2D eigenvalue weighted by Crippen LogP contribution is 2.34. The Morgan fingerprint density at radius 2 is 1.13 bits per heavy atom. The Balaban J connectivity index is 1.48. The monoisotopic (exact) mass is 520 g/mol. The molecule has 0 amide bonds. The number of aromatic nitrogens is 4. The maximum atomic E-state index is 11.7. The van der Waals surface area contributed by atoms with E-state index < -0.39 is 5.97 Å². The molecule has 0 spiro atoms. The lowest BCUT2D eigenvalue weighted by Crippen LogP contribution is -2.10. The van der Waals surface area contributed by atoms with Crippen molar-refractivity contribution < 1.29 is 18.4 Å². The van der Waals surface area contributed by atoms with Gasteiger partial charge in [0.15, 0.2) is 0 Å². The zero-order chi connectivity index (χ0) is 27.7. The second kappa shape index (κ2) is 10.1. The molecule has 0 aliphatic carbocycles. The number of carbonyl (C=O) groups excluding carboxylic acids is 1. The SMILES string of the molecule is C=C(C)c1ccc(-c2nnc(-c3cc(OC(C)=O)cc(-c4nnc(-c5ccc(C(C)(C)C)cc5)o4)c3)o2)cc1. The first-order valence-electron chi connectivity index (χ1n) is 12.5. The summed E-state index contributed by atoms with van der Waals surface area (Å²) in [6.07, 6.45) is 0. The number of benzene rings is 3. The number of rotatable bonds is 6. The fraction of sp³-hybridized carbons (Fsp3) is 0.194. The summed E-state index contributed by atoms with van der Waals surface area (Å²) in [6.45, 7) is 13.7. The van der Waals surface area contributed by atoms with Crippen molar-refractivity contribution in [3.05, 3.63) is 84.4 Å². The Labute approximate surface area is 226 Å². The normalized spacial score (nSPS) is 11.4. The molecule has 0 N–H and O–H groups in total. The van der Waals surface area contributed by atoms with E-state index in [0.29, 0.717) is 22.9 Å². The van der Waals surface area contributed by atoms with Crippen molar-refractivity contribution in [3.8, 4) is 51.6 Å². The van der Waals surface area contributed by atoms with Crippen molar-refractivity contribution in [3.63, 3.8) is 0 Å². The van der Waals surface area contributed by atoms with Crippen molar-refractivity contribution in [1.82, 2.24) is 20.4 Å². The summed E-state index contributed by atoms with van der Waals surface area (Å²) in [7, 11) is 0. The summed E-state index contributed by atoms with van der Waals surface area (Å²) in [4.78, 5) is 11.7. The molecule has 39 heavy (non-hydrogen) atoms. The molecule has 2 aromatic heterocycles. The number of hydrogen-bond donors (Lipinski definition) is 0. The predicted molar refractivity (Wildman–Crippen MR) is 149 cm³/mol. The second-order valence-electron chi connectivity index (χ2n) is 10.3. The molecule has 8 nitrogen and oxygen atoms in total. The van der Waals surface area contributed by atoms with E-state index in [-0.39, 0.29) is 22.9 Å². The molecular weight excluding hydrogens is 492 g/mol. The lowest BCUT2D eigenvalue weighted by molar-refractivity contribution is -0.131. The Bertz CT molecular complexity index is 1660. The van der Waals surface area contributed by atoms with Gasteiger partial charge in [0.05, 0.1) is 0 Å². The standard InChI is InChI=1S/C31H28N4O4/c1-18(2)20-7-9-21(10-8-20)27-32-34-29(38-27)23-15-24(17-26(16-23)37-19(3)36)30-35-33-28(39-30)22-11-13-25(14-12-22)31(4,5)6/h7-17H,1H2,2-6H3. The average Bonchev–Trinajstić information content (AvgIpc) is 3.59. The van der Waals surface area contributed by atoms with Crippen molar-refractivity contribution in [1.29, 1.82) is 0 Å². The Hall–Kier alpha value is -4.85. The third-order valence-corrected chi connectivity index (χ3v) is 6.13. The summed E-state index contributed by atoms with van der Waals surface area (Å²) in [5.74, 6) is 1.07. The maximum Gasteiger partial charge on any atom is 0.308 e. The third-order valence-electron chi connectivity index (χ3n) is 6.13. The van der Waals surface area contributed by atoms with Gasteiger partial charge in [-0.2, -0.15) is 0 Å². The Morgan fingerprint density at radius 1 is 0.692 bits per heavy atom. The average molecular weight is 521 g/mol. The first kappa shape index (κ1) is 25.8. The van der Waals surface area contributed by atoms with Gasteiger partial charge in [-0.05, 0) is 65.9 Å². The van der Waals surface area contributed by atoms with Gasteiger partial charge in [0.1, 0.15) is 5.75 Å². The molecular formula is C31H28N4O4. The minimum atomic E-state index is -0.466. The molecule has 0 bridgehead atoms. The van der Waals surface area contributed by atoms with Crippen molar-refractivity contribution in [2.45, 2.75) is 40.0 Å². The van der Waals surface area contributed by atoms with Crippen LogP contribution in [0.1, 0.15) is 45.7 Å². The van der Waals surface area contributed by atoms with Crippen LogP contribution in [0.3, 0.4) is 0 Å². The summed E-state index contributed by atoms with van der Waals surface area (Å²) in [5, 5.41) is 16.9. The Morgan fingerprint density at radius 3 is 1.54 bits per heavy atom. The largest absolute Gasteiger partial charge is 0.427 e. The van der Waals surface area contributed by atoms with Gasteiger partial charge >= 0.3 is 5.97 Å². The second-order valence-corrected chi connectivity index (χ2v) is 10.3. The van der Waals surface area contributed by atoms with Crippen molar-refractivity contribution in [2.75, 3.05) is 0 Å². The van der Waals surface area contributed by atoms with Crippen molar-refractivity contribution in [2.24, 2.45) is 0 Å². The van der Waals surface area contributed by atoms with Crippen LogP contribution in [0.25, 0.3) is 51.4 Å². The summed E-state index contributed by atoms with van der Waals surface area (Å²) in [6, 6.07) is 20.8. The summed E-state index contributed by atoms with van der Waals surface area (Å²) in [5.41, 5.74) is 5.89. The zero-order valence-electron chi connectivity index (χ0n) is 22.5. The number of allylic oxidation sites excluding steroid dienone is 1. The van der Waals surface area contributed by atoms with Gasteiger partial charge < -0.3 is 13.6 Å². The van der Waals surface area contributed by atoms with Gasteiger partial charge in [-0.25, -0.2) is 0 Å². The van der Waals surface area contributed by atoms with Gasteiger partial charge in [0.25, 0.3) is 0 Å². The molecule has 5 aromatic rings. The lowest BCUT2D eigenvalue weighted by atomic mass is 9.87. The highest BCUT2D eigenvalue weighted by molar-refractivity contribution is 5.74. The smallest absolute Gasteiger partial charge is 0.308 e. The molecule has 2 heterocycles. The van der Waals surface area contributed by atoms with Crippen LogP contribution < -0.4 is 4.74 Å². The van der Waals surface area contributed by atoms with Gasteiger partial charge in [-0.1, -0.05) is 57.2 Å². The van der Waals surface area contributed by atoms with Crippen LogP contribution in [0.5, 0.6) is 5.75 Å². The highest BCUT2D eigenvalue weighted by atomic mass is 16.5. The van der Waals surface area contributed by atoms with Crippen LogP contribution in [-0.2, 0) is 10.2 Å². The molecule has 5 rings (SSSR count). The first-order valence-corrected chi connectivity index (χ1v) is 12.5. The molecule has 0 aliphatic heterocycles. The van der Waals surface area contributed by atoms with Crippen LogP contribution >= 0.6 is 0 Å². The van der Waals surface area contributed by atoms with E-state index in [1.165, 1.54) is 12.5 Å². The number of carbonyl (C=O) groups is 1. The molecule has 0 aliphatic rings. The van der Waals surface area contributed by atoms with Gasteiger partial charge in [0.2, 0.25) is 23.6 Å². The highest BCUT2D eigenvalue weighted by Gasteiger charge is 2.18. The molecule has 0 saturated carbocycles. The van der Waals surface area contributed by atoms with Gasteiger partial charge in [-0.15, -0.1) is 20.4 Å². The van der Waals surface area contributed by atoms with Crippen LogP contribution in [0.15, 0.2) is 82.1 Å². The molecule has 0 atom stereocenters. The third kappa shape index (κ3) is 5.70. The van der Waals surface area contributed by atoms with Crippen LogP contribution in [-0.4, -0.2) is 26.4 Å². The van der Waals surface area contributed by atoms with Crippen molar-refractivity contribution >= 4 is 11.5 Å². The number of esters is 1. The van der Waals surface area contributed by atoms with Gasteiger partial charge in [0, 0.05) is 29.2 Å². The fourth-order valence-corrected chi connectivity index (χ4v) is 3.99. The molecule has 3 aromatic carbocycles. The zero-order valence-corrected chi connectivity index (χ0v) is 22.5. The van der Waals surface area contributed by atoms with E-state index in [0.717, 1.165) is 22.3 Å². The van der Waals surface area contributed by atoms with Crippen LogP contribution in [0.4, 0.5) is 0 Å². The van der Waals surface area contributed by atoms with Crippen LogP contribution in [0.2, 0.25) is 0 Å². The predicted octanol–water partition coefficient (Wildman–Crippen LogP) is 7.38. The Kier molecular flexibility index (Phi) is 6.70. The topological polar surface area (TPSA) is 104 Å². The number of nitrogens with zero attached hydrogens (tertiary/aromatic N) is 4. The maximum absolute atomic E-state index is 11.7. The lowest BCUT2D eigenvalue weighted by Gasteiger charge is -2.18.